The highest BCUT2D eigenvalue weighted by molar-refractivity contribution is 5.76. The summed E-state index contributed by atoms with van der Waals surface area (Å²) in [4.78, 5) is 28.2. The molecule has 7 nitrogen and oxygen atoms in total. The monoisotopic (exact) mass is 348 g/mol. The van der Waals surface area contributed by atoms with Gasteiger partial charge in [0.15, 0.2) is 0 Å². The molecule has 3 heterocycles. The minimum atomic E-state index is -0.410. The first-order valence-corrected chi connectivity index (χ1v) is 9.13. The van der Waals surface area contributed by atoms with E-state index in [1.54, 1.807) is 4.68 Å². The van der Waals surface area contributed by atoms with Crippen LogP contribution in [0.25, 0.3) is 0 Å². The summed E-state index contributed by atoms with van der Waals surface area (Å²) in [6.45, 7) is 9.14. The number of ether oxygens (including phenoxy) is 1. The van der Waals surface area contributed by atoms with Gasteiger partial charge in [-0.3, -0.25) is 9.48 Å². The van der Waals surface area contributed by atoms with Gasteiger partial charge in [-0.15, -0.1) is 0 Å². The lowest BCUT2D eigenvalue weighted by molar-refractivity contribution is -0.135. The number of likely N-dealkylation sites (tertiary alicyclic amines) is 1. The van der Waals surface area contributed by atoms with Gasteiger partial charge < -0.3 is 14.5 Å². The molecular formula is C18H28N4O3. The number of carbonyl (C=O) groups is 2. The average Bonchev–Trinajstić information content (AvgIpc) is 3.09. The lowest BCUT2D eigenvalue weighted by Crippen LogP contribution is -2.49. The van der Waals surface area contributed by atoms with Crippen molar-refractivity contribution in [3.05, 3.63) is 18.0 Å². The summed E-state index contributed by atoms with van der Waals surface area (Å²) in [5.41, 5.74) is 0.498. The molecule has 1 aromatic heterocycles. The van der Waals surface area contributed by atoms with Crippen molar-refractivity contribution in [2.45, 2.75) is 52.2 Å². The van der Waals surface area contributed by atoms with Gasteiger partial charge in [-0.25, -0.2) is 4.79 Å². The number of piperidine rings is 1. The molecular weight excluding hydrogens is 320 g/mol. The van der Waals surface area contributed by atoms with Crippen LogP contribution in [0.15, 0.2) is 12.3 Å². The zero-order valence-electron chi connectivity index (χ0n) is 15.4. The molecule has 1 spiro atoms. The van der Waals surface area contributed by atoms with Crippen molar-refractivity contribution < 1.29 is 14.3 Å². The smallest absolute Gasteiger partial charge is 0.410 e. The zero-order chi connectivity index (χ0) is 18.0. The summed E-state index contributed by atoms with van der Waals surface area (Å²) >= 11 is 0. The Hall–Kier alpha value is -2.05. The van der Waals surface area contributed by atoms with Crippen LogP contribution >= 0.6 is 0 Å². The van der Waals surface area contributed by atoms with E-state index in [4.69, 9.17) is 4.74 Å². The number of hydrogen-bond acceptors (Lipinski definition) is 4. The van der Waals surface area contributed by atoms with E-state index in [2.05, 4.69) is 18.9 Å². The third-order valence-electron chi connectivity index (χ3n) is 5.12. The van der Waals surface area contributed by atoms with E-state index in [1.807, 2.05) is 29.0 Å². The maximum Gasteiger partial charge on any atom is 0.410 e. The highest BCUT2D eigenvalue weighted by Gasteiger charge is 2.47. The van der Waals surface area contributed by atoms with Gasteiger partial charge in [-0.05, 0) is 25.3 Å². The van der Waals surface area contributed by atoms with Crippen LogP contribution in [-0.4, -0.2) is 63.4 Å². The van der Waals surface area contributed by atoms with Crippen LogP contribution in [0.5, 0.6) is 0 Å². The van der Waals surface area contributed by atoms with Crippen LogP contribution in [0.4, 0.5) is 4.79 Å². The Morgan fingerprint density at radius 2 is 2.08 bits per heavy atom. The molecule has 0 aliphatic carbocycles. The van der Waals surface area contributed by atoms with Gasteiger partial charge in [0.2, 0.25) is 5.91 Å². The molecule has 2 saturated heterocycles. The third-order valence-corrected chi connectivity index (χ3v) is 5.12. The lowest BCUT2D eigenvalue weighted by atomic mass is 9.91. The molecule has 25 heavy (non-hydrogen) atoms. The molecule has 3 rings (SSSR count). The number of rotatable bonds is 5. The maximum atomic E-state index is 12.4. The molecule has 7 heteroatoms. The summed E-state index contributed by atoms with van der Waals surface area (Å²) in [5, 5.41) is 4.26. The second-order valence-corrected chi connectivity index (χ2v) is 7.69. The Balaban J connectivity index is 1.51. The Morgan fingerprint density at radius 3 is 2.68 bits per heavy atom. The van der Waals surface area contributed by atoms with Crippen LogP contribution in [0.2, 0.25) is 0 Å². The lowest BCUT2D eigenvalue weighted by Gasteiger charge is -2.37. The first-order chi connectivity index (χ1) is 11.9. The van der Waals surface area contributed by atoms with Crippen LogP contribution in [0, 0.1) is 12.8 Å². The van der Waals surface area contributed by atoms with Crippen molar-refractivity contribution in [1.82, 2.24) is 19.6 Å². The predicted molar refractivity (Wildman–Crippen MR) is 93.0 cm³/mol. The predicted octanol–water partition coefficient (Wildman–Crippen LogP) is 2.05. The van der Waals surface area contributed by atoms with Crippen molar-refractivity contribution in [1.29, 1.82) is 0 Å². The van der Waals surface area contributed by atoms with E-state index in [-0.39, 0.29) is 18.5 Å². The summed E-state index contributed by atoms with van der Waals surface area (Å²) in [6, 6.07) is 1.89. The average molecular weight is 348 g/mol. The largest absolute Gasteiger partial charge is 0.441 e. The van der Waals surface area contributed by atoms with E-state index in [1.165, 1.54) is 0 Å². The molecule has 0 radical (unpaired) electrons. The Labute approximate surface area is 148 Å². The van der Waals surface area contributed by atoms with Gasteiger partial charge in [-0.1, -0.05) is 13.8 Å². The Morgan fingerprint density at radius 1 is 1.36 bits per heavy atom. The van der Waals surface area contributed by atoms with E-state index in [9.17, 15) is 9.59 Å². The second kappa shape index (κ2) is 7.06. The molecule has 2 aliphatic heterocycles. The molecule has 2 aliphatic rings. The molecule has 0 bridgehead atoms. The third kappa shape index (κ3) is 4.14. The molecule has 0 aromatic carbocycles. The molecule has 0 saturated carbocycles. The van der Waals surface area contributed by atoms with Gasteiger partial charge in [0, 0.05) is 38.7 Å². The molecule has 1 aromatic rings. The molecule has 0 N–H and O–H groups in total. The van der Waals surface area contributed by atoms with E-state index in [0.29, 0.717) is 38.4 Å². The fraction of sp³-hybridized carbons (Fsp3) is 0.722. The highest BCUT2D eigenvalue weighted by atomic mass is 16.6. The number of aryl methyl sites for hydroxylation is 1. The first kappa shape index (κ1) is 17.8. The Kier molecular flexibility index (Phi) is 5.01. The summed E-state index contributed by atoms with van der Waals surface area (Å²) in [6.07, 6.45) is 4.03. The number of hydrogen-bond donors (Lipinski definition) is 0. The number of aromatic nitrogens is 2. The molecule has 0 unspecified atom stereocenters. The molecule has 2 fully saturated rings. The second-order valence-electron chi connectivity index (χ2n) is 7.69. The van der Waals surface area contributed by atoms with Gasteiger partial charge in [0.05, 0.1) is 12.2 Å². The normalized spacial score (nSPS) is 19.8. The van der Waals surface area contributed by atoms with Crippen LogP contribution in [0.1, 0.15) is 38.8 Å². The van der Waals surface area contributed by atoms with Gasteiger partial charge >= 0.3 is 6.09 Å². The minimum absolute atomic E-state index is 0.0685. The maximum absolute atomic E-state index is 12.4. The molecule has 138 valence electrons. The highest BCUT2D eigenvalue weighted by Crippen LogP contribution is 2.33. The number of nitrogens with zero attached hydrogens (tertiary/aromatic N) is 4. The number of carbonyl (C=O) groups excluding carboxylic acids is 2. The van der Waals surface area contributed by atoms with Crippen molar-refractivity contribution in [2.75, 3.05) is 26.2 Å². The first-order valence-electron chi connectivity index (χ1n) is 9.13. The summed E-state index contributed by atoms with van der Waals surface area (Å²) in [7, 11) is 0. The van der Waals surface area contributed by atoms with Crippen molar-refractivity contribution in [3.8, 4) is 0 Å². The van der Waals surface area contributed by atoms with E-state index in [0.717, 1.165) is 18.7 Å². The molecule has 0 atom stereocenters. The van der Waals surface area contributed by atoms with Crippen molar-refractivity contribution in [2.24, 2.45) is 5.92 Å². The van der Waals surface area contributed by atoms with Crippen LogP contribution in [-0.2, 0) is 16.1 Å². The quantitative estimate of drug-likeness (QED) is 0.817. The van der Waals surface area contributed by atoms with Gasteiger partial charge in [0.1, 0.15) is 12.1 Å². The van der Waals surface area contributed by atoms with Crippen molar-refractivity contribution >= 4 is 12.0 Å². The number of amides is 2. The van der Waals surface area contributed by atoms with Crippen LogP contribution in [0.3, 0.4) is 0 Å². The van der Waals surface area contributed by atoms with E-state index < -0.39 is 5.60 Å². The minimum Gasteiger partial charge on any atom is -0.441 e. The zero-order valence-corrected chi connectivity index (χ0v) is 15.4. The topological polar surface area (TPSA) is 67.7 Å². The van der Waals surface area contributed by atoms with E-state index >= 15 is 0 Å². The van der Waals surface area contributed by atoms with Gasteiger partial charge in [-0.2, -0.15) is 5.10 Å². The van der Waals surface area contributed by atoms with Gasteiger partial charge in [0.25, 0.3) is 0 Å². The molecule has 2 amide bonds. The summed E-state index contributed by atoms with van der Waals surface area (Å²) < 4.78 is 7.39. The fourth-order valence-corrected chi connectivity index (χ4v) is 3.49. The standard InChI is InChI=1S/C18H28N4O3/c1-14(2)4-8-21-13-18(25-17(21)24)6-10-20(11-7-18)16(23)12-22-9-5-15(3)19-22/h5,9,14H,4,6-8,10-13H2,1-3H3. The fourth-order valence-electron chi connectivity index (χ4n) is 3.49. The van der Waals surface area contributed by atoms with Crippen molar-refractivity contribution in [3.63, 3.8) is 0 Å². The summed E-state index contributed by atoms with van der Waals surface area (Å²) in [5.74, 6) is 0.633. The Bertz CT molecular complexity index is 632. The van der Waals surface area contributed by atoms with Crippen LogP contribution < -0.4 is 0 Å². The SMILES string of the molecule is Cc1ccn(CC(=O)N2CCC3(CC2)CN(CCC(C)C)C(=O)O3)n1.